The Balaban J connectivity index is 2.24. The van der Waals surface area contributed by atoms with Gasteiger partial charge in [0.15, 0.2) is 0 Å². The summed E-state index contributed by atoms with van der Waals surface area (Å²) in [6.07, 6.45) is 0. The molecule has 0 aliphatic heterocycles. The minimum atomic E-state index is 0.122. The van der Waals surface area contributed by atoms with Crippen LogP contribution in [0.4, 0.5) is 5.69 Å². The van der Waals surface area contributed by atoms with E-state index in [0.29, 0.717) is 0 Å². The van der Waals surface area contributed by atoms with Crippen LogP contribution >= 0.6 is 50.5 Å². The fourth-order valence-corrected chi connectivity index (χ4v) is 3.88. The van der Waals surface area contributed by atoms with Crippen LogP contribution < -0.4 is 5.32 Å². The Morgan fingerprint density at radius 3 is 2.21 bits per heavy atom. The molecule has 0 aliphatic carbocycles. The molecule has 2 aromatic rings. The summed E-state index contributed by atoms with van der Waals surface area (Å²) in [5.74, 6) is 0. The van der Waals surface area contributed by atoms with E-state index in [-0.39, 0.29) is 6.04 Å². The van der Waals surface area contributed by atoms with Gasteiger partial charge < -0.3 is 5.32 Å². The fraction of sp³-hybridized carbons (Fsp3) is 0.286. The summed E-state index contributed by atoms with van der Waals surface area (Å²) >= 11 is 17.1. The average Bonchev–Trinajstić information content (AvgIpc) is 2.65. The van der Waals surface area contributed by atoms with Crippen LogP contribution in [0, 0.1) is 13.8 Å². The average molecular weight is 379 g/mol. The number of aryl methyl sites for hydroxylation is 2. The quantitative estimate of drug-likeness (QED) is 0.633. The third-order valence-electron chi connectivity index (χ3n) is 2.97. The largest absolute Gasteiger partial charge is 0.378 e. The van der Waals surface area contributed by atoms with E-state index in [1.165, 1.54) is 22.5 Å². The third kappa shape index (κ3) is 3.46. The molecule has 2 rings (SSSR count). The molecule has 1 N–H and O–H groups in total. The van der Waals surface area contributed by atoms with Gasteiger partial charge in [-0.3, -0.25) is 0 Å². The van der Waals surface area contributed by atoms with Crippen molar-refractivity contribution in [3.63, 3.8) is 0 Å². The Hall–Kier alpha value is -0.220. The van der Waals surface area contributed by atoms with Crippen LogP contribution in [-0.4, -0.2) is 0 Å². The number of halogens is 3. The maximum atomic E-state index is 6.18. The summed E-state index contributed by atoms with van der Waals surface area (Å²) in [5, 5.41) is 3.46. The van der Waals surface area contributed by atoms with Gasteiger partial charge in [-0.05, 0) is 50.1 Å². The van der Waals surface area contributed by atoms with Gasteiger partial charge in [0.2, 0.25) is 0 Å². The maximum absolute atomic E-state index is 6.18. The van der Waals surface area contributed by atoms with Gasteiger partial charge in [0.05, 0.1) is 14.7 Å². The van der Waals surface area contributed by atoms with Gasteiger partial charge in [0, 0.05) is 15.7 Å². The zero-order valence-electron chi connectivity index (χ0n) is 10.9. The van der Waals surface area contributed by atoms with Crippen molar-refractivity contribution >= 4 is 56.2 Å². The second kappa shape index (κ2) is 6.04. The molecule has 5 heteroatoms. The Kier molecular flexibility index (Phi) is 4.83. The van der Waals surface area contributed by atoms with Crippen LogP contribution in [0.15, 0.2) is 22.7 Å². The molecule has 1 aromatic carbocycles. The highest BCUT2D eigenvalue weighted by atomic mass is 79.9. The smallest absolute Gasteiger partial charge is 0.0996 e. The van der Waals surface area contributed by atoms with E-state index in [9.17, 15) is 0 Å². The molecule has 0 saturated heterocycles. The Morgan fingerprint density at radius 2 is 1.74 bits per heavy atom. The molecule has 1 heterocycles. The number of thiophene rings is 1. The fourth-order valence-electron chi connectivity index (χ4n) is 2.01. The van der Waals surface area contributed by atoms with Gasteiger partial charge in [-0.15, -0.1) is 11.3 Å². The first-order chi connectivity index (χ1) is 8.88. The lowest BCUT2D eigenvalue weighted by Crippen LogP contribution is -2.06. The van der Waals surface area contributed by atoms with Gasteiger partial charge in [-0.2, -0.15) is 0 Å². The lowest BCUT2D eigenvalue weighted by atomic mass is 10.1. The molecular formula is C14H14BrCl2NS. The molecule has 0 aliphatic rings. The predicted octanol–water partition coefficient (Wildman–Crippen LogP) is 6.61. The minimum absolute atomic E-state index is 0.122. The summed E-state index contributed by atoms with van der Waals surface area (Å²) in [7, 11) is 0. The van der Waals surface area contributed by atoms with E-state index in [1.807, 2.05) is 6.07 Å². The van der Waals surface area contributed by atoms with Crippen LogP contribution in [0.5, 0.6) is 0 Å². The molecule has 1 atom stereocenters. The van der Waals surface area contributed by atoms with Crippen LogP contribution in [0.1, 0.15) is 29.7 Å². The number of hydrogen-bond donors (Lipinski definition) is 1. The summed E-state index contributed by atoms with van der Waals surface area (Å²) in [5.41, 5.74) is 4.55. The van der Waals surface area contributed by atoms with Crippen LogP contribution in [0.3, 0.4) is 0 Å². The summed E-state index contributed by atoms with van der Waals surface area (Å²) in [4.78, 5) is 0. The van der Waals surface area contributed by atoms with E-state index >= 15 is 0 Å². The van der Waals surface area contributed by atoms with Crippen LogP contribution in [0.2, 0.25) is 8.67 Å². The molecule has 1 unspecified atom stereocenters. The molecule has 0 fully saturated rings. The molecule has 0 amide bonds. The van der Waals surface area contributed by atoms with Gasteiger partial charge in [-0.1, -0.05) is 39.1 Å². The highest BCUT2D eigenvalue weighted by molar-refractivity contribution is 9.10. The molecule has 0 radical (unpaired) electrons. The lowest BCUT2D eigenvalue weighted by molar-refractivity contribution is 0.890. The monoisotopic (exact) mass is 377 g/mol. The first-order valence-corrected chi connectivity index (χ1v) is 8.23. The van der Waals surface area contributed by atoms with Gasteiger partial charge in [-0.25, -0.2) is 0 Å². The third-order valence-corrected chi connectivity index (χ3v) is 5.74. The molecule has 19 heavy (non-hydrogen) atoms. The zero-order valence-corrected chi connectivity index (χ0v) is 14.8. The Labute approximate surface area is 136 Å². The van der Waals surface area contributed by atoms with Crippen molar-refractivity contribution in [2.45, 2.75) is 26.8 Å². The molecule has 0 bridgehead atoms. The van der Waals surface area contributed by atoms with Crippen molar-refractivity contribution in [2.24, 2.45) is 0 Å². The molecule has 102 valence electrons. The Morgan fingerprint density at radius 1 is 1.16 bits per heavy atom. The molecule has 0 saturated carbocycles. The number of anilines is 1. The van der Waals surface area contributed by atoms with Crippen molar-refractivity contribution < 1.29 is 0 Å². The number of benzene rings is 1. The first kappa shape index (κ1) is 15.2. The topological polar surface area (TPSA) is 12.0 Å². The van der Waals surface area contributed by atoms with Crippen LogP contribution in [-0.2, 0) is 0 Å². The number of nitrogens with one attached hydrogen (secondary N) is 1. The van der Waals surface area contributed by atoms with Gasteiger partial charge in [0.1, 0.15) is 0 Å². The SMILES string of the molecule is Cc1cc(NC(C)c2cc(Cl)sc2Cl)cc(C)c1Br. The van der Waals surface area contributed by atoms with Crippen molar-refractivity contribution in [3.8, 4) is 0 Å². The minimum Gasteiger partial charge on any atom is -0.378 e. The number of hydrogen-bond acceptors (Lipinski definition) is 2. The first-order valence-electron chi connectivity index (χ1n) is 5.86. The maximum Gasteiger partial charge on any atom is 0.0996 e. The van der Waals surface area contributed by atoms with E-state index < -0.39 is 0 Å². The molecule has 0 spiro atoms. The normalized spacial score (nSPS) is 12.5. The van der Waals surface area contributed by atoms with E-state index in [2.05, 4.69) is 54.2 Å². The van der Waals surface area contributed by atoms with Crippen molar-refractivity contribution in [2.75, 3.05) is 5.32 Å². The molecule has 1 nitrogen and oxygen atoms in total. The standard InChI is InChI=1S/C14H14BrCl2NS/c1-7-4-10(5-8(2)13(7)15)18-9(3)11-6-12(16)19-14(11)17/h4-6,9,18H,1-3H3. The van der Waals surface area contributed by atoms with Crippen molar-refractivity contribution in [1.29, 1.82) is 0 Å². The van der Waals surface area contributed by atoms with Crippen molar-refractivity contribution in [3.05, 3.63) is 48.0 Å². The van der Waals surface area contributed by atoms with E-state index in [1.54, 1.807) is 0 Å². The van der Waals surface area contributed by atoms with E-state index in [0.717, 1.165) is 24.4 Å². The molecule has 1 aromatic heterocycles. The van der Waals surface area contributed by atoms with Gasteiger partial charge >= 0.3 is 0 Å². The predicted molar refractivity (Wildman–Crippen MR) is 90.0 cm³/mol. The lowest BCUT2D eigenvalue weighted by Gasteiger charge is -2.16. The molecular weight excluding hydrogens is 365 g/mol. The second-order valence-corrected chi connectivity index (χ2v) is 7.65. The highest BCUT2D eigenvalue weighted by Gasteiger charge is 2.14. The highest BCUT2D eigenvalue weighted by Crippen LogP contribution is 2.36. The second-order valence-electron chi connectivity index (χ2n) is 4.57. The van der Waals surface area contributed by atoms with Gasteiger partial charge in [0.25, 0.3) is 0 Å². The zero-order chi connectivity index (χ0) is 14.2. The van der Waals surface area contributed by atoms with E-state index in [4.69, 9.17) is 23.2 Å². The Bertz CT molecular complexity index is 586. The summed E-state index contributed by atoms with van der Waals surface area (Å²) in [6, 6.07) is 6.28. The van der Waals surface area contributed by atoms with Crippen molar-refractivity contribution in [1.82, 2.24) is 0 Å². The van der Waals surface area contributed by atoms with Crippen LogP contribution in [0.25, 0.3) is 0 Å². The summed E-state index contributed by atoms with van der Waals surface area (Å²) < 4.78 is 2.62. The number of rotatable bonds is 3. The summed E-state index contributed by atoms with van der Waals surface area (Å²) in [6.45, 7) is 6.25.